The molecule has 0 bridgehead atoms. The van der Waals surface area contributed by atoms with E-state index in [2.05, 4.69) is 21.2 Å². The van der Waals surface area contributed by atoms with Gasteiger partial charge >= 0.3 is 0 Å². The average molecular weight is 485 g/mol. The zero-order chi connectivity index (χ0) is 21.4. The molecule has 2 aromatic rings. The third kappa shape index (κ3) is 6.93. The normalized spacial score (nSPS) is 11.0. The number of hydrogen-bond donors (Lipinski definition) is 1. The number of amides is 1. The second-order valence-corrected chi connectivity index (χ2v) is 8.99. The maximum absolute atomic E-state index is 12.4. The predicted octanol–water partition coefficient (Wildman–Crippen LogP) is 3.33. The van der Waals surface area contributed by atoms with Crippen LogP contribution in [0.5, 0.6) is 11.5 Å². The summed E-state index contributed by atoms with van der Waals surface area (Å²) < 4.78 is 37.3. The first-order valence-corrected chi connectivity index (χ1v) is 11.8. The van der Waals surface area contributed by atoms with Crippen molar-refractivity contribution in [3.8, 4) is 11.5 Å². The lowest BCUT2D eigenvalue weighted by molar-refractivity contribution is -0.119. The number of carbonyl (C=O) groups is 1. The highest BCUT2D eigenvalue weighted by Gasteiger charge is 2.20. The third-order valence-corrected chi connectivity index (χ3v) is 5.57. The van der Waals surface area contributed by atoms with Crippen LogP contribution >= 0.6 is 15.9 Å². The topological polar surface area (TPSA) is 84.9 Å². The van der Waals surface area contributed by atoms with Gasteiger partial charge in [-0.25, -0.2) is 8.42 Å². The Balaban J connectivity index is 2.07. The first-order chi connectivity index (χ1) is 13.7. The second kappa shape index (κ2) is 10.5. The van der Waals surface area contributed by atoms with Crippen LogP contribution in [0.3, 0.4) is 0 Å². The van der Waals surface area contributed by atoms with Crippen LogP contribution in [0.4, 0.5) is 5.69 Å². The van der Waals surface area contributed by atoms with Crippen LogP contribution < -0.4 is 19.1 Å². The van der Waals surface area contributed by atoms with E-state index >= 15 is 0 Å². The first kappa shape index (κ1) is 23.0. The van der Waals surface area contributed by atoms with Crippen molar-refractivity contribution in [2.45, 2.75) is 20.4 Å². The highest BCUT2D eigenvalue weighted by atomic mass is 79.9. The number of ether oxygens (including phenoxy) is 2. The van der Waals surface area contributed by atoms with Gasteiger partial charge in [-0.15, -0.1) is 0 Å². The number of rotatable bonds is 10. The Morgan fingerprint density at radius 1 is 1.03 bits per heavy atom. The van der Waals surface area contributed by atoms with Crippen molar-refractivity contribution in [2.75, 3.05) is 30.3 Å². The van der Waals surface area contributed by atoms with E-state index < -0.39 is 15.9 Å². The fraction of sp³-hybridized carbons (Fsp3) is 0.350. The average Bonchev–Trinajstić information content (AvgIpc) is 2.66. The van der Waals surface area contributed by atoms with Gasteiger partial charge in [-0.2, -0.15) is 0 Å². The summed E-state index contributed by atoms with van der Waals surface area (Å²) in [4.78, 5) is 12.4. The van der Waals surface area contributed by atoms with E-state index in [-0.39, 0.29) is 13.1 Å². The molecule has 1 amide bonds. The molecule has 0 aromatic heterocycles. The zero-order valence-corrected chi connectivity index (χ0v) is 19.0. The third-order valence-electron chi connectivity index (χ3n) is 3.90. The lowest BCUT2D eigenvalue weighted by atomic mass is 10.2. The van der Waals surface area contributed by atoms with Gasteiger partial charge in [0.15, 0.2) is 11.5 Å². The molecule has 0 heterocycles. The lowest BCUT2D eigenvalue weighted by Gasteiger charge is -2.22. The summed E-state index contributed by atoms with van der Waals surface area (Å²) in [5.74, 6) is 0.835. The van der Waals surface area contributed by atoms with Gasteiger partial charge in [0.1, 0.15) is 6.54 Å². The van der Waals surface area contributed by atoms with Crippen molar-refractivity contribution >= 4 is 37.5 Å². The number of hydrogen-bond acceptors (Lipinski definition) is 5. The van der Waals surface area contributed by atoms with E-state index in [1.165, 1.54) is 0 Å². The molecular weight excluding hydrogens is 460 g/mol. The van der Waals surface area contributed by atoms with E-state index in [4.69, 9.17) is 9.47 Å². The lowest BCUT2D eigenvalue weighted by Crippen LogP contribution is -2.40. The van der Waals surface area contributed by atoms with Crippen LogP contribution in [0.2, 0.25) is 0 Å². The number of carbonyl (C=O) groups excluding carboxylic acids is 1. The van der Waals surface area contributed by atoms with Crippen molar-refractivity contribution < 1.29 is 22.7 Å². The van der Waals surface area contributed by atoms with Gasteiger partial charge < -0.3 is 14.8 Å². The van der Waals surface area contributed by atoms with Crippen LogP contribution in [0.15, 0.2) is 46.9 Å². The molecule has 0 radical (unpaired) electrons. The molecule has 158 valence electrons. The van der Waals surface area contributed by atoms with Gasteiger partial charge in [0, 0.05) is 11.0 Å². The fourth-order valence-electron chi connectivity index (χ4n) is 2.60. The van der Waals surface area contributed by atoms with Crippen LogP contribution in [-0.2, 0) is 21.4 Å². The first-order valence-electron chi connectivity index (χ1n) is 9.13. The zero-order valence-electron chi connectivity index (χ0n) is 16.6. The number of halogens is 1. The monoisotopic (exact) mass is 484 g/mol. The minimum atomic E-state index is -3.61. The summed E-state index contributed by atoms with van der Waals surface area (Å²) in [5, 5.41) is 2.75. The molecule has 7 nitrogen and oxygen atoms in total. The number of nitrogens with one attached hydrogen (secondary N) is 1. The molecule has 29 heavy (non-hydrogen) atoms. The summed E-state index contributed by atoms with van der Waals surface area (Å²) in [6, 6.07) is 12.1. The molecule has 0 aliphatic heterocycles. The maximum Gasteiger partial charge on any atom is 0.241 e. The summed E-state index contributed by atoms with van der Waals surface area (Å²) in [7, 11) is -3.61. The van der Waals surface area contributed by atoms with E-state index in [1.54, 1.807) is 36.4 Å². The molecule has 0 fully saturated rings. The minimum absolute atomic E-state index is 0.239. The van der Waals surface area contributed by atoms with Crippen molar-refractivity contribution in [3.05, 3.63) is 52.5 Å². The standard InChI is InChI=1S/C20H25BrN2O5S/c1-4-27-18-11-6-15(12-19(18)28-5-2)13-22-20(24)14-23(29(3,25)26)17-9-7-16(21)8-10-17/h6-12H,4-5,13-14H2,1-3H3,(H,22,24). The predicted molar refractivity (Wildman–Crippen MR) is 117 cm³/mol. The molecule has 0 aliphatic carbocycles. The molecule has 0 saturated heterocycles. The second-order valence-electron chi connectivity index (χ2n) is 6.17. The largest absolute Gasteiger partial charge is 0.490 e. The van der Waals surface area contributed by atoms with Crippen molar-refractivity contribution in [3.63, 3.8) is 0 Å². The van der Waals surface area contributed by atoms with Crippen LogP contribution in [0, 0.1) is 0 Å². The Kier molecular flexibility index (Phi) is 8.33. The van der Waals surface area contributed by atoms with Crippen LogP contribution in [-0.4, -0.2) is 40.3 Å². The number of nitrogens with zero attached hydrogens (tertiary/aromatic N) is 1. The summed E-state index contributed by atoms with van der Waals surface area (Å²) in [6.07, 6.45) is 1.07. The Morgan fingerprint density at radius 2 is 1.66 bits per heavy atom. The molecule has 0 aliphatic rings. The van der Waals surface area contributed by atoms with Gasteiger partial charge in [0.2, 0.25) is 15.9 Å². The van der Waals surface area contributed by atoms with E-state index in [1.807, 2.05) is 19.9 Å². The quantitative estimate of drug-likeness (QED) is 0.558. The van der Waals surface area contributed by atoms with E-state index in [9.17, 15) is 13.2 Å². The molecule has 9 heteroatoms. The molecule has 2 rings (SSSR count). The van der Waals surface area contributed by atoms with Crippen LogP contribution in [0.25, 0.3) is 0 Å². The summed E-state index contributed by atoms with van der Waals surface area (Å²) >= 11 is 3.31. The Morgan fingerprint density at radius 3 is 2.24 bits per heavy atom. The van der Waals surface area contributed by atoms with Crippen LogP contribution in [0.1, 0.15) is 19.4 Å². The highest BCUT2D eigenvalue weighted by Crippen LogP contribution is 2.28. The maximum atomic E-state index is 12.4. The molecule has 2 aromatic carbocycles. The Bertz CT molecular complexity index is 932. The Labute approximate surface area is 180 Å². The van der Waals surface area contributed by atoms with Crippen molar-refractivity contribution in [1.82, 2.24) is 5.32 Å². The van der Waals surface area contributed by atoms with Gasteiger partial charge in [-0.3, -0.25) is 9.10 Å². The molecule has 1 N–H and O–H groups in total. The SMILES string of the molecule is CCOc1ccc(CNC(=O)CN(c2ccc(Br)cc2)S(C)(=O)=O)cc1OCC. The van der Waals surface area contributed by atoms with Crippen molar-refractivity contribution in [1.29, 1.82) is 0 Å². The molecular formula is C20H25BrN2O5S. The van der Waals surface area contributed by atoms with Gasteiger partial charge in [0.05, 0.1) is 25.2 Å². The minimum Gasteiger partial charge on any atom is -0.490 e. The fourth-order valence-corrected chi connectivity index (χ4v) is 3.72. The van der Waals surface area contributed by atoms with Gasteiger partial charge in [-0.05, 0) is 55.8 Å². The van der Waals surface area contributed by atoms with E-state index in [0.717, 1.165) is 20.6 Å². The highest BCUT2D eigenvalue weighted by molar-refractivity contribution is 9.10. The van der Waals surface area contributed by atoms with Gasteiger partial charge in [0.25, 0.3) is 0 Å². The smallest absolute Gasteiger partial charge is 0.241 e. The molecule has 0 atom stereocenters. The summed E-state index contributed by atoms with van der Waals surface area (Å²) in [5.41, 5.74) is 1.24. The van der Waals surface area contributed by atoms with E-state index in [0.29, 0.717) is 30.4 Å². The van der Waals surface area contributed by atoms with Gasteiger partial charge in [-0.1, -0.05) is 22.0 Å². The summed E-state index contributed by atoms with van der Waals surface area (Å²) in [6.45, 7) is 4.72. The number of sulfonamides is 1. The molecule has 0 saturated carbocycles. The number of benzene rings is 2. The molecule has 0 unspecified atom stereocenters. The van der Waals surface area contributed by atoms with Crippen molar-refractivity contribution in [2.24, 2.45) is 0 Å². The number of anilines is 1. The molecule has 0 spiro atoms. The Hall–Kier alpha value is -2.26.